The molecule has 0 aliphatic carbocycles. The van der Waals surface area contributed by atoms with Gasteiger partial charge in [0.05, 0.1) is 0 Å². The van der Waals surface area contributed by atoms with E-state index in [1.807, 2.05) is 30.3 Å². The van der Waals surface area contributed by atoms with E-state index in [1.54, 1.807) is 0 Å². The lowest BCUT2D eigenvalue weighted by molar-refractivity contribution is -0.137. The number of hydrogen-bond donors (Lipinski definition) is 1. The molecule has 0 heterocycles. The number of carboxylic acid groups (broad SMARTS) is 1. The van der Waals surface area contributed by atoms with Gasteiger partial charge in [0.1, 0.15) is 0 Å². The van der Waals surface area contributed by atoms with Crippen molar-refractivity contribution in [2.24, 2.45) is 0 Å². The quantitative estimate of drug-likeness (QED) is 0.278. The number of aliphatic carboxylic acids is 1. The summed E-state index contributed by atoms with van der Waals surface area (Å²) >= 11 is 0. The van der Waals surface area contributed by atoms with Crippen molar-refractivity contribution in [1.29, 1.82) is 0 Å². The van der Waals surface area contributed by atoms with Gasteiger partial charge in [-0.2, -0.15) is 0 Å². The van der Waals surface area contributed by atoms with Crippen LogP contribution in [0.5, 0.6) is 0 Å². The Labute approximate surface area is 152 Å². The van der Waals surface area contributed by atoms with E-state index in [0.717, 1.165) is 31.2 Å². The Morgan fingerprint density at radius 3 is 1.44 bits per heavy atom. The molecule has 3 nitrogen and oxygen atoms in total. The molecule has 0 saturated heterocycles. The Morgan fingerprint density at radius 2 is 1.00 bits per heavy atom. The highest BCUT2D eigenvalue weighted by atomic mass is 16.4. The number of carboxylic acids is 1. The zero-order valence-electron chi connectivity index (χ0n) is 15.5. The highest BCUT2D eigenvalue weighted by molar-refractivity contribution is 5.95. The van der Waals surface area contributed by atoms with Crippen LogP contribution in [0.15, 0.2) is 30.3 Å². The third-order valence-corrected chi connectivity index (χ3v) is 4.64. The summed E-state index contributed by atoms with van der Waals surface area (Å²) in [5, 5.41) is 8.55. The minimum absolute atomic E-state index is 0.268. The molecule has 0 fully saturated rings. The summed E-state index contributed by atoms with van der Waals surface area (Å²) in [6.07, 6.45) is 15.1. The summed E-state index contributed by atoms with van der Waals surface area (Å²) in [4.78, 5) is 22.3. The van der Waals surface area contributed by atoms with Gasteiger partial charge in [-0.15, -0.1) is 0 Å². The molecule has 1 N–H and O–H groups in total. The number of unbranched alkanes of at least 4 members (excludes halogenated alkanes) is 11. The summed E-state index contributed by atoms with van der Waals surface area (Å²) in [5.41, 5.74) is 0.838. The molecular formula is C22H34O3. The molecule has 0 amide bonds. The van der Waals surface area contributed by atoms with Crippen LogP contribution >= 0.6 is 0 Å². The van der Waals surface area contributed by atoms with Gasteiger partial charge in [0.2, 0.25) is 0 Å². The maximum atomic E-state index is 12.0. The Balaban J connectivity index is 1.80. The topological polar surface area (TPSA) is 54.4 Å². The van der Waals surface area contributed by atoms with Crippen molar-refractivity contribution in [2.45, 2.75) is 89.9 Å². The second-order valence-electron chi connectivity index (χ2n) is 6.93. The van der Waals surface area contributed by atoms with Crippen molar-refractivity contribution in [3.05, 3.63) is 35.9 Å². The number of benzene rings is 1. The highest BCUT2D eigenvalue weighted by Crippen LogP contribution is 2.14. The average molecular weight is 347 g/mol. The van der Waals surface area contributed by atoms with E-state index in [9.17, 15) is 9.59 Å². The fourth-order valence-electron chi connectivity index (χ4n) is 3.10. The number of hydrogen-bond acceptors (Lipinski definition) is 2. The smallest absolute Gasteiger partial charge is 0.303 e. The first-order valence-electron chi connectivity index (χ1n) is 10.00. The van der Waals surface area contributed by atoms with Crippen LogP contribution in [-0.4, -0.2) is 16.9 Å². The van der Waals surface area contributed by atoms with E-state index in [4.69, 9.17) is 5.11 Å². The Morgan fingerprint density at radius 1 is 0.600 bits per heavy atom. The van der Waals surface area contributed by atoms with Gasteiger partial charge in [-0.05, 0) is 12.8 Å². The van der Waals surface area contributed by atoms with Crippen molar-refractivity contribution in [2.75, 3.05) is 0 Å². The fourth-order valence-corrected chi connectivity index (χ4v) is 3.10. The predicted molar refractivity (Wildman–Crippen MR) is 103 cm³/mol. The third-order valence-electron chi connectivity index (χ3n) is 4.64. The van der Waals surface area contributed by atoms with E-state index in [2.05, 4.69) is 0 Å². The molecule has 0 atom stereocenters. The number of ketones is 1. The van der Waals surface area contributed by atoms with Gasteiger partial charge in [-0.1, -0.05) is 94.5 Å². The van der Waals surface area contributed by atoms with Crippen LogP contribution in [0, 0.1) is 0 Å². The molecule has 0 aliphatic rings. The Hall–Kier alpha value is -1.64. The van der Waals surface area contributed by atoms with Crippen molar-refractivity contribution < 1.29 is 14.7 Å². The Bertz CT molecular complexity index is 467. The van der Waals surface area contributed by atoms with Crippen LogP contribution in [0.1, 0.15) is 100 Å². The lowest BCUT2D eigenvalue weighted by Crippen LogP contribution is -1.98. The summed E-state index contributed by atoms with van der Waals surface area (Å²) < 4.78 is 0. The molecule has 25 heavy (non-hydrogen) atoms. The first-order chi connectivity index (χ1) is 12.2. The van der Waals surface area contributed by atoms with E-state index >= 15 is 0 Å². The molecule has 0 aromatic heterocycles. The molecule has 1 rings (SSSR count). The predicted octanol–water partition coefficient (Wildman–Crippen LogP) is 6.42. The van der Waals surface area contributed by atoms with Crippen LogP contribution in [-0.2, 0) is 4.79 Å². The van der Waals surface area contributed by atoms with E-state index in [1.165, 1.54) is 51.4 Å². The molecule has 140 valence electrons. The molecule has 1 aromatic rings. The van der Waals surface area contributed by atoms with Crippen molar-refractivity contribution in [3.63, 3.8) is 0 Å². The molecule has 3 heteroatoms. The number of Topliss-reactive ketones (excluding diaryl/α,β-unsaturated/α-hetero) is 1. The van der Waals surface area contributed by atoms with E-state index < -0.39 is 5.97 Å². The van der Waals surface area contributed by atoms with Crippen molar-refractivity contribution in [1.82, 2.24) is 0 Å². The summed E-state index contributed by atoms with van der Waals surface area (Å²) in [7, 11) is 0. The summed E-state index contributed by atoms with van der Waals surface area (Å²) in [6.45, 7) is 0. The summed E-state index contributed by atoms with van der Waals surface area (Å²) in [6, 6.07) is 9.58. The van der Waals surface area contributed by atoms with Gasteiger partial charge in [0.15, 0.2) is 5.78 Å². The van der Waals surface area contributed by atoms with Gasteiger partial charge >= 0.3 is 5.97 Å². The molecule has 0 spiro atoms. The first kappa shape index (κ1) is 21.4. The first-order valence-corrected chi connectivity index (χ1v) is 10.00. The molecule has 0 aliphatic heterocycles. The molecule has 1 aromatic carbocycles. The monoisotopic (exact) mass is 346 g/mol. The van der Waals surface area contributed by atoms with E-state index in [0.29, 0.717) is 12.8 Å². The maximum Gasteiger partial charge on any atom is 0.303 e. The lowest BCUT2D eigenvalue weighted by Gasteiger charge is -2.03. The lowest BCUT2D eigenvalue weighted by atomic mass is 10.0. The molecule has 0 bridgehead atoms. The minimum Gasteiger partial charge on any atom is -0.481 e. The molecule has 0 radical (unpaired) electrons. The zero-order valence-corrected chi connectivity index (χ0v) is 15.5. The second kappa shape index (κ2) is 14.7. The van der Waals surface area contributed by atoms with Crippen LogP contribution < -0.4 is 0 Å². The Kier molecular flexibility index (Phi) is 12.6. The standard InChI is InChI=1S/C22H34O3/c23-21(20-16-12-11-13-17-20)18-14-9-7-5-3-1-2-4-6-8-10-15-19-22(24)25/h11-13,16-17H,1-10,14-15,18-19H2,(H,24,25). The molecular weight excluding hydrogens is 312 g/mol. The van der Waals surface area contributed by atoms with Crippen molar-refractivity contribution in [3.8, 4) is 0 Å². The SMILES string of the molecule is O=C(O)CCCCCCCCCCCCCCC(=O)c1ccccc1. The van der Waals surface area contributed by atoms with Gasteiger partial charge in [0.25, 0.3) is 0 Å². The molecule has 0 unspecified atom stereocenters. The van der Waals surface area contributed by atoms with E-state index in [-0.39, 0.29) is 5.78 Å². The number of carbonyl (C=O) groups excluding carboxylic acids is 1. The normalized spacial score (nSPS) is 10.7. The maximum absolute atomic E-state index is 12.0. The van der Waals surface area contributed by atoms with Gasteiger partial charge in [-0.3, -0.25) is 9.59 Å². The zero-order chi connectivity index (χ0) is 18.2. The van der Waals surface area contributed by atoms with Gasteiger partial charge in [-0.25, -0.2) is 0 Å². The van der Waals surface area contributed by atoms with Crippen LogP contribution in [0.2, 0.25) is 0 Å². The van der Waals surface area contributed by atoms with Gasteiger partial charge in [0, 0.05) is 18.4 Å². The number of rotatable bonds is 16. The van der Waals surface area contributed by atoms with Crippen molar-refractivity contribution >= 4 is 11.8 Å². The largest absolute Gasteiger partial charge is 0.481 e. The molecule has 0 saturated carbocycles. The van der Waals surface area contributed by atoms with Crippen LogP contribution in [0.25, 0.3) is 0 Å². The van der Waals surface area contributed by atoms with Crippen LogP contribution in [0.3, 0.4) is 0 Å². The fraction of sp³-hybridized carbons (Fsp3) is 0.636. The highest BCUT2D eigenvalue weighted by Gasteiger charge is 2.04. The van der Waals surface area contributed by atoms with Crippen LogP contribution in [0.4, 0.5) is 0 Å². The average Bonchev–Trinajstić information content (AvgIpc) is 2.62. The van der Waals surface area contributed by atoms with Gasteiger partial charge < -0.3 is 5.11 Å². The summed E-state index contributed by atoms with van der Waals surface area (Å²) in [5.74, 6) is -0.409. The third kappa shape index (κ3) is 12.4. The minimum atomic E-state index is -0.676. The second-order valence-corrected chi connectivity index (χ2v) is 6.93. The number of carbonyl (C=O) groups is 2.